The molecule has 0 saturated heterocycles. The van der Waals surface area contributed by atoms with Crippen LogP contribution in [0.5, 0.6) is 5.75 Å². The Labute approximate surface area is 156 Å². The zero-order valence-electron chi connectivity index (χ0n) is 16.1. The van der Waals surface area contributed by atoms with Crippen LogP contribution in [0.15, 0.2) is 54.6 Å². The summed E-state index contributed by atoms with van der Waals surface area (Å²) in [6.07, 6.45) is 0.755. The molecule has 1 amide bonds. The lowest BCUT2D eigenvalue weighted by atomic mass is 9.90. The lowest BCUT2D eigenvalue weighted by Crippen LogP contribution is -2.43. The van der Waals surface area contributed by atoms with E-state index < -0.39 is 5.60 Å². The van der Waals surface area contributed by atoms with E-state index in [0.717, 1.165) is 12.0 Å². The normalized spacial score (nSPS) is 13.3. The highest BCUT2D eigenvalue weighted by atomic mass is 16.5. The maximum absolute atomic E-state index is 12.2. The average molecular weight is 355 g/mol. The molecule has 1 unspecified atom stereocenters. The summed E-state index contributed by atoms with van der Waals surface area (Å²) >= 11 is 0. The molecule has 0 heterocycles. The van der Waals surface area contributed by atoms with E-state index in [-0.39, 0.29) is 12.5 Å². The van der Waals surface area contributed by atoms with Gasteiger partial charge in [0.05, 0.1) is 6.54 Å². The number of ether oxygens (including phenoxy) is 2. The molecule has 0 aliphatic heterocycles. The average Bonchev–Trinajstić information content (AvgIpc) is 2.68. The third-order valence-corrected chi connectivity index (χ3v) is 4.75. The Bertz CT molecular complexity index is 676. The van der Waals surface area contributed by atoms with E-state index in [2.05, 4.69) is 26.1 Å². The van der Waals surface area contributed by atoms with Crippen LogP contribution < -0.4 is 10.1 Å². The molecule has 2 aromatic rings. The van der Waals surface area contributed by atoms with E-state index in [0.29, 0.717) is 18.2 Å². The molecule has 0 spiro atoms. The highest BCUT2D eigenvalue weighted by molar-refractivity contribution is 5.77. The van der Waals surface area contributed by atoms with Gasteiger partial charge in [0.25, 0.3) is 5.91 Å². The van der Waals surface area contributed by atoms with Gasteiger partial charge < -0.3 is 14.8 Å². The maximum atomic E-state index is 12.2. The summed E-state index contributed by atoms with van der Waals surface area (Å²) in [5.74, 6) is 1.01. The fraction of sp³-hybridized carbons (Fsp3) is 0.409. The summed E-state index contributed by atoms with van der Waals surface area (Å²) in [6, 6.07) is 17.8. The van der Waals surface area contributed by atoms with Gasteiger partial charge in [0.1, 0.15) is 11.4 Å². The van der Waals surface area contributed by atoms with E-state index in [9.17, 15) is 4.79 Å². The third-order valence-electron chi connectivity index (χ3n) is 4.75. The second kappa shape index (κ2) is 9.39. The number of nitrogens with one attached hydrogen (secondary N) is 1. The highest BCUT2D eigenvalue weighted by Crippen LogP contribution is 2.28. The SMILES string of the molecule is CCC(CNC(=O)COc1ccc(C(C)C)cc1)(OC)c1ccccc1. The van der Waals surface area contributed by atoms with Gasteiger partial charge >= 0.3 is 0 Å². The molecule has 26 heavy (non-hydrogen) atoms. The quantitative estimate of drug-likeness (QED) is 0.731. The van der Waals surface area contributed by atoms with Gasteiger partial charge in [-0.3, -0.25) is 4.79 Å². The number of rotatable bonds is 9. The lowest BCUT2D eigenvalue weighted by Gasteiger charge is -2.32. The van der Waals surface area contributed by atoms with Crippen LogP contribution in [-0.2, 0) is 15.1 Å². The Balaban J connectivity index is 1.90. The first-order valence-corrected chi connectivity index (χ1v) is 9.11. The fourth-order valence-electron chi connectivity index (χ4n) is 2.90. The van der Waals surface area contributed by atoms with Crippen LogP contribution in [-0.4, -0.2) is 26.2 Å². The molecule has 0 bridgehead atoms. The molecule has 2 aromatic carbocycles. The molecule has 0 aliphatic rings. The molecule has 0 aromatic heterocycles. The molecule has 2 rings (SSSR count). The standard InChI is InChI=1S/C22H29NO3/c1-5-22(25-4,19-9-7-6-8-10-19)16-23-21(24)15-26-20-13-11-18(12-14-20)17(2)3/h6-14,17H,5,15-16H2,1-4H3,(H,23,24). The van der Waals surface area contributed by atoms with Gasteiger partial charge in [-0.2, -0.15) is 0 Å². The van der Waals surface area contributed by atoms with Gasteiger partial charge in [-0.05, 0) is 35.6 Å². The van der Waals surface area contributed by atoms with Crippen molar-refractivity contribution in [1.29, 1.82) is 0 Å². The molecule has 140 valence electrons. The van der Waals surface area contributed by atoms with Gasteiger partial charge in [-0.1, -0.05) is 63.2 Å². The van der Waals surface area contributed by atoms with Crippen molar-refractivity contribution in [3.63, 3.8) is 0 Å². The summed E-state index contributed by atoms with van der Waals surface area (Å²) < 4.78 is 11.4. The van der Waals surface area contributed by atoms with Gasteiger partial charge in [0.15, 0.2) is 6.61 Å². The molecule has 4 nitrogen and oxygen atoms in total. The fourth-order valence-corrected chi connectivity index (χ4v) is 2.90. The monoisotopic (exact) mass is 355 g/mol. The largest absolute Gasteiger partial charge is 0.484 e. The minimum absolute atomic E-state index is 0.0146. The first kappa shape index (κ1) is 20.0. The van der Waals surface area contributed by atoms with Crippen molar-refractivity contribution in [3.8, 4) is 5.75 Å². The predicted octanol–water partition coefficient (Wildman–Crippen LogP) is 4.26. The molecular formula is C22H29NO3. The van der Waals surface area contributed by atoms with Crippen molar-refractivity contribution >= 4 is 5.91 Å². The van der Waals surface area contributed by atoms with Crippen LogP contribution in [0, 0.1) is 0 Å². The highest BCUT2D eigenvalue weighted by Gasteiger charge is 2.30. The molecule has 1 N–H and O–H groups in total. The van der Waals surface area contributed by atoms with Gasteiger partial charge in [0, 0.05) is 7.11 Å². The van der Waals surface area contributed by atoms with Crippen LogP contribution in [0.2, 0.25) is 0 Å². The Kier molecular flexibility index (Phi) is 7.22. The van der Waals surface area contributed by atoms with Crippen LogP contribution in [0.3, 0.4) is 0 Å². The number of hydrogen-bond acceptors (Lipinski definition) is 3. The van der Waals surface area contributed by atoms with Gasteiger partial charge in [-0.25, -0.2) is 0 Å². The van der Waals surface area contributed by atoms with Crippen molar-refractivity contribution in [3.05, 3.63) is 65.7 Å². The van der Waals surface area contributed by atoms with Crippen LogP contribution >= 0.6 is 0 Å². The summed E-state index contributed by atoms with van der Waals surface area (Å²) in [7, 11) is 1.68. The van der Waals surface area contributed by atoms with Crippen molar-refractivity contribution in [1.82, 2.24) is 5.32 Å². The zero-order valence-corrected chi connectivity index (χ0v) is 16.1. The van der Waals surface area contributed by atoms with Crippen molar-refractivity contribution in [2.75, 3.05) is 20.3 Å². The second-order valence-corrected chi connectivity index (χ2v) is 6.71. The summed E-state index contributed by atoms with van der Waals surface area (Å²) in [5.41, 5.74) is 1.77. The number of carbonyl (C=O) groups excluding carboxylic acids is 1. The predicted molar refractivity (Wildman–Crippen MR) is 104 cm³/mol. The summed E-state index contributed by atoms with van der Waals surface area (Å²) in [4.78, 5) is 12.2. The molecule has 4 heteroatoms. The molecule has 1 atom stereocenters. The molecule has 0 fully saturated rings. The van der Waals surface area contributed by atoms with Crippen LogP contribution in [0.25, 0.3) is 0 Å². The molecule has 0 saturated carbocycles. The summed E-state index contributed by atoms with van der Waals surface area (Å²) in [6.45, 7) is 6.73. The van der Waals surface area contributed by atoms with E-state index in [1.54, 1.807) is 7.11 Å². The first-order valence-electron chi connectivity index (χ1n) is 9.11. The second-order valence-electron chi connectivity index (χ2n) is 6.71. The lowest BCUT2D eigenvalue weighted by molar-refractivity contribution is -0.125. The minimum Gasteiger partial charge on any atom is -0.484 e. The number of benzene rings is 2. The molecule has 0 radical (unpaired) electrons. The Morgan fingerprint density at radius 2 is 1.73 bits per heavy atom. The van der Waals surface area contributed by atoms with Crippen LogP contribution in [0.1, 0.15) is 44.2 Å². The van der Waals surface area contributed by atoms with E-state index >= 15 is 0 Å². The van der Waals surface area contributed by atoms with Crippen molar-refractivity contribution < 1.29 is 14.3 Å². The minimum atomic E-state index is -0.532. The van der Waals surface area contributed by atoms with Gasteiger partial charge in [-0.15, -0.1) is 0 Å². The summed E-state index contributed by atoms with van der Waals surface area (Å²) in [5, 5.41) is 2.93. The van der Waals surface area contributed by atoms with E-state index in [4.69, 9.17) is 9.47 Å². The first-order chi connectivity index (χ1) is 12.5. The third kappa shape index (κ3) is 5.09. The molecular weight excluding hydrogens is 326 g/mol. The van der Waals surface area contributed by atoms with E-state index in [1.165, 1.54) is 5.56 Å². The number of carbonyl (C=O) groups is 1. The Hall–Kier alpha value is -2.33. The maximum Gasteiger partial charge on any atom is 0.258 e. The topological polar surface area (TPSA) is 47.6 Å². The van der Waals surface area contributed by atoms with Crippen LogP contribution in [0.4, 0.5) is 0 Å². The number of amides is 1. The Morgan fingerprint density at radius 1 is 1.08 bits per heavy atom. The smallest absolute Gasteiger partial charge is 0.258 e. The Morgan fingerprint density at radius 3 is 2.27 bits per heavy atom. The van der Waals surface area contributed by atoms with Crippen molar-refractivity contribution in [2.45, 2.75) is 38.7 Å². The number of methoxy groups -OCH3 is 1. The zero-order chi connectivity index (χ0) is 19.0. The van der Waals surface area contributed by atoms with Crippen molar-refractivity contribution in [2.24, 2.45) is 0 Å². The van der Waals surface area contributed by atoms with Gasteiger partial charge in [0.2, 0.25) is 0 Å². The molecule has 0 aliphatic carbocycles. The van der Waals surface area contributed by atoms with E-state index in [1.807, 2.05) is 54.6 Å². The number of hydrogen-bond donors (Lipinski definition) is 1.